The van der Waals surface area contributed by atoms with Gasteiger partial charge in [-0.3, -0.25) is 4.79 Å². The Bertz CT molecular complexity index is 364. The number of carbonyl (C=O) groups excluding carboxylic acids is 1. The molecule has 1 saturated heterocycles. The lowest BCUT2D eigenvalue weighted by Crippen LogP contribution is -2.30. The van der Waals surface area contributed by atoms with Crippen LogP contribution in [0.4, 0.5) is 0 Å². The summed E-state index contributed by atoms with van der Waals surface area (Å²) in [6.45, 7) is 1.82. The van der Waals surface area contributed by atoms with E-state index >= 15 is 0 Å². The fourth-order valence-corrected chi connectivity index (χ4v) is 2.96. The number of amides is 1. The van der Waals surface area contributed by atoms with Gasteiger partial charge in [0.05, 0.1) is 5.02 Å². The van der Waals surface area contributed by atoms with Crippen LogP contribution in [0.1, 0.15) is 28.9 Å². The highest BCUT2D eigenvalue weighted by molar-refractivity contribution is 7.12. The van der Waals surface area contributed by atoms with E-state index in [9.17, 15) is 4.79 Å². The van der Waals surface area contributed by atoms with Crippen LogP contribution in [0.2, 0.25) is 5.02 Å². The monoisotopic (exact) mass is 294 g/mol. The summed E-state index contributed by atoms with van der Waals surface area (Å²) in [6, 6.07) is 2.32. The largest absolute Gasteiger partial charge is 0.351 e. The second-order valence-corrected chi connectivity index (χ2v) is 5.26. The number of hydrogen-bond acceptors (Lipinski definition) is 3. The predicted octanol–water partition coefficient (Wildman–Crippen LogP) is 2.70. The number of rotatable bonds is 4. The molecule has 0 aliphatic carbocycles. The quantitative estimate of drug-likeness (QED) is 0.896. The number of thiophene rings is 1. The first-order chi connectivity index (χ1) is 7.77. The topological polar surface area (TPSA) is 41.1 Å². The molecular weight excluding hydrogens is 279 g/mol. The maximum absolute atomic E-state index is 11.7. The molecule has 0 bridgehead atoms. The first-order valence-electron chi connectivity index (χ1n) is 5.52. The highest BCUT2D eigenvalue weighted by Gasteiger charge is 2.15. The standard InChI is InChI=1S/C11H15ClN2OS.ClH/c12-9-4-7-16-10(9)11(15)14-6-3-8-2-1-5-13-8;/h4,7-8,13H,1-3,5-6H2,(H,14,15);1H/t8-;/m1./s1. The Morgan fingerprint density at radius 3 is 3.06 bits per heavy atom. The van der Waals surface area contributed by atoms with Gasteiger partial charge >= 0.3 is 0 Å². The van der Waals surface area contributed by atoms with Gasteiger partial charge < -0.3 is 10.6 Å². The Morgan fingerprint density at radius 2 is 2.47 bits per heavy atom. The molecule has 1 aliphatic rings. The van der Waals surface area contributed by atoms with E-state index in [2.05, 4.69) is 10.6 Å². The third-order valence-electron chi connectivity index (χ3n) is 2.76. The fourth-order valence-electron chi connectivity index (χ4n) is 1.90. The molecule has 1 aliphatic heterocycles. The molecule has 1 aromatic heterocycles. The van der Waals surface area contributed by atoms with E-state index in [1.54, 1.807) is 6.07 Å². The summed E-state index contributed by atoms with van der Waals surface area (Å²) in [7, 11) is 0. The molecule has 17 heavy (non-hydrogen) atoms. The lowest BCUT2D eigenvalue weighted by atomic mass is 10.1. The molecule has 6 heteroatoms. The van der Waals surface area contributed by atoms with E-state index in [1.807, 2.05) is 5.38 Å². The number of hydrogen-bond donors (Lipinski definition) is 2. The van der Waals surface area contributed by atoms with Gasteiger partial charge in [-0.15, -0.1) is 23.7 Å². The molecule has 0 spiro atoms. The van der Waals surface area contributed by atoms with Crippen molar-refractivity contribution in [3.63, 3.8) is 0 Å². The van der Waals surface area contributed by atoms with E-state index in [-0.39, 0.29) is 18.3 Å². The summed E-state index contributed by atoms with van der Waals surface area (Å²) in [5.74, 6) is -0.0574. The van der Waals surface area contributed by atoms with E-state index < -0.39 is 0 Å². The Balaban J connectivity index is 0.00000144. The first-order valence-corrected chi connectivity index (χ1v) is 6.77. The van der Waals surface area contributed by atoms with Crippen molar-refractivity contribution in [2.24, 2.45) is 0 Å². The third-order valence-corrected chi connectivity index (χ3v) is 4.10. The zero-order valence-corrected chi connectivity index (χ0v) is 11.8. The van der Waals surface area contributed by atoms with Crippen LogP contribution in [0, 0.1) is 0 Å². The van der Waals surface area contributed by atoms with Gasteiger partial charge in [0.2, 0.25) is 0 Å². The van der Waals surface area contributed by atoms with Gasteiger partial charge in [0, 0.05) is 12.6 Å². The summed E-state index contributed by atoms with van der Waals surface area (Å²) < 4.78 is 0. The van der Waals surface area contributed by atoms with Crippen LogP contribution in [0.25, 0.3) is 0 Å². The van der Waals surface area contributed by atoms with Crippen molar-refractivity contribution in [3.05, 3.63) is 21.3 Å². The lowest BCUT2D eigenvalue weighted by Gasteiger charge is -2.10. The number of carbonyl (C=O) groups is 1. The Morgan fingerprint density at radius 1 is 1.65 bits per heavy atom. The van der Waals surface area contributed by atoms with Crippen LogP contribution in [0.15, 0.2) is 11.4 Å². The number of nitrogens with one attached hydrogen (secondary N) is 2. The predicted molar refractivity (Wildman–Crippen MR) is 74.6 cm³/mol. The Hall–Kier alpha value is -0.290. The second-order valence-electron chi connectivity index (χ2n) is 3.94. The molecule has 1 fully saturated rings. The van der Waals surface area contributed by atoms with Gasteiger partial charge in [-0.05, 0) is 37.3 Å². The van der Waals surface area contributed by atoms with Gasteiger partial charge in [0.25, 0.3) is 5.91 Å². The van der Waals surface area contributed by atoms with Gasteiger partial charge in [-0.1, -0.05) is 11.6 Å². The first kappa shape index (κ1) is 14.8. The molecule has 2 N–H and O–H groups in total. The maximum atomic E-state index is 11.7. The third kappa shape index (κ3) is 4.14. The fraction of sp³-hybridized carbons (Fsp3) is 0.545. The second kappa shape index (κ2) is 7.21. The molecule has 96 valence electrons. The van der Waals surface area contributed by atoms with Crippen LogP contribution in [0.3, 0.4) is 0 Å². The summed E-state index contributed by atoms with van der Waals surface area (Å²) >= 11 is 7.26. The summed E-state index contributed by atoms with van der Waals surface area (Å²) in [6.07, 6.45) is 3.46. The van der Waals surface area contributed by atoms with Crippen LogP contribution >= 0.6 is 35.3 Å². The van der Waals surface area contributed by atoms with E-state index in [0.717, 1.165) is 13.0 Å². The lowest BCUT2D eigenvalue weighted by molar-refractivity contribution is 0.0956. The molecule has 1 amide bonds. The SMILES string of the molecule is Cl.O=C(NCC[C@H]1CCCN1)c1sccc1Cl. The average molecular weight is 295 g/mol. The van der Waals surface area contributed by atoms with Crippen molar-refractivity contribution in [1.29, 1.82) is 0 Å². The molecule has 2 rings (SSSR count). The molecule has 3 nitrogen and oxygen atoms in total. The van der Waals surface area contributed by atoms with Crippen LogP contribution in [-0.4, -0.2) is 25.0 Å². The summed E-state index contributed by atoms with van der Waals surface area (Å²) in [5.41, 5.74) is 0. The van der Waals surface area contributed by atoms with Crippen LogP contribution in [-0.2, 0) is 0 Å². The molecule has 0 aromatic carbocycles. The molecule has 1 aromatic rings. The minimum atomic E-state index is -0.0574. The minimum absolute atomic E-state index is 0. The van der Waals surface area contributed by atoms with Crippen LogP contribution < -0.4 is 10.6 Å². The average Bonchev–Trinajstić information content (AvgIpc) is 2.88. The highest BCUT2D eigenvalue weighted by atomic mass is 35.5. The van der Waals surface area contributed by atoms with E-state index in [1.165, 1.54) is 24.2 Å². The highest BCUT2D eigenvalue weighted by Crippen LogP contribution is 2.21. The van der Waals surface area contributed by atoms with E-state index in [0.29, 0.717) is 22.5 Å². The van der Waals surface area contributed by atoms with Crippen molar-refractivity contribution in [2.75, 3.05) is 13.1 Å². The number of halogens is 2. The zero-order valence-electron chi connectivity index (χ0n) is 9.37. The van der Waals surface area contributed by atoms with Gasteiger partial charge in [-0.2, -0.15) is 0 Å². The molecule has 0 radical (unpaired) electrons. The van der Waals surface area contributed by atoms with Gasteiger partial charge in [0.1, 0.15) is 4.88 Å². The minimum Gasteiger partial charge on any atom is -0.351 e. The maximum Gasteiger partial charge on any atom is 0.262 e. The molecule has 0 unspecified atom stereocenters. The normalized spacial score (nSPS) is 18.8. The Kier molecular flexibility index (Phi) is 6.27. The summed E-state index contributed by atoms with van der Waals surface area (Å²) in [4.78, 5) is 12.3. The van der Waals surface area contributed by atoms with Crippen molar-refractivity contribution < 1.29 is 4.79 Å². The zero-order chi connectivity index (χ0) is 11.4. The van der Waals surface area contributed by atoms with Gasteiger partial charge in [-0.25, -0.2) is 0 Å². The van der Waals surface area contributed by atoms with Crippen molar-refractivity contribution >= 4 is 41.3 Å². The smallest absolute Gasteiger partial charge is 0.262 e. The molecule has 0 saturated carbocycles. The van der Waals surface area contributed by atoms with Crippen LogP contribution in [0.5, 0.6) is 0 Å². The van der Waals surface area contributed by atoms with Crippen molar-refractivity contribution in [1.82, 2.24) is 10.6 Å². The molecule has 2 heterocycles. The Labute approximate surface area is 116 Å². The van der Waals surface area contributed by atoms with Crippen molar-refractivity contribution in [3.8, 4) is 0 Å². The summed E-state index contributed by atoms with van der Waals surface area (Å²) in [5, 5.41) is 8.67. The van der Waals surface area contributed by atoms with Crippen molar-refractivity contribution in [2.45, 2.75) is 25.3 Å². The molecular formula is C11H16Cl2N2OS. The van der Waals surface area contributed by atoms with E-state index in [4.69, 9.17) is 11.6 Å². The molecule has 1 atom stereocenters. The van der Waals surface area contributed by atoms with Gasteiger partial charge in [0.15, 0.2) is 0 Å².